The van der Waals surface area contributed by atoms with E-state index in [9.17, 15) is 4.79 Å². The van der Waals surface area contributed by atoms with Gasteiger partial charge in [-0.25, -0.2) is 4.98 Å². The van der Waals surface area contributed by atoms with Gasteiger partial charge in [0.1, 0.15) is 5.65 Å². The Kier molecular flexibility index (Phi) is 2.87. The van der Waals surface area contributed by atoms with Crippen LogP contribution in [-0.4, -0.2) is 9.38 Å². The van der Waals surface area contributed by atoms with Gasteiger partial charge in [-0.05, 0) is 37.6 Å². The molecule has 0 saturated heterocycles. The molecule has 0 N–H and O–H groups in total. The van der Waals surface area contributed by atoms with E-state index in [4.69, 9.17) is 4.98 Å². The number of aryl methyl sites for hydroxylation is 2. The predicted octanol–water partition coefficient (Wildman–Crippen LogP) is 4.19. The number of fused-ring (bicyclic) bond motifs is 2. The summed E-state index contributed by atoms with van der Waals surface area (Å²) in [5.74, 6) is 0. The van der Waals surface area contributed by atoms with Gasteiger partial charge in [0.25, 0.3) is 5.56 Å². The van der Waals surface area contributed by atoms with Crippen LogP contribution in [0.15, 0.2) is 52.6 Å². The second kappa shape index (κ2) is 4.78. The molecule has 0 bridgehead atoms. The van der Waals surface area contributed by atoms with E-state index >= 15 is 0 Å². The van der Waals surface area contributed by atoms with E-state index in [0.29, 0.717) is 5.65 Å². The van der Waals surface area contributed by atoms with Crippen LogP contribution in [0.3, 0.4) is 0 Å². The fraction of sp³-hybridized carbons (Fsp3) is 0.111. The highest BCUT2D eigenvalue weighted by Crippen LogP contribution is 2.32. The maximum Gasteiger partial charge on any atom is 0.258 e. The molecule has 0 unspecified atom stereocenters. The molecule has 0 aliphatic heterocycles. The lowest BCUT2D eigenvalue weighted by molar-refractivity contribution is 0.987. The summed E-state index contributed by atoms with van der Waals surface area (Å²) in [6.45, 7) is 3.95. The van der Waals surface area contributed by atoms with Crippen molar-refractivity contribution in [1.29, 1.82) is 0 Å². The van der Waals surface area contributed by atoms with Crippen molar-refractivity contribution in [3.8, 4) is 11.3 Å². The molecule has 1 aromatic carbocycles. The lowest BCUT2D eigenvalue weighted by Gasteiger charge is -2.07. The Balaban J connectivity index is 2.06. The summed E-state index contributed by atoms with van der Waals surface area (Å²) in [5.41, 5.74) is 4.46. The molecule has 4 heteroatoms. The predicted molar refractivity (Wildman–Crippen MR) is 91.8 cm³/mol. The SMILES string of the molecule is Cc1cc(C)n2c(=O)cc(-c3csc4ccccc34)nc2c1. The zero-order valence-electron chi connectivity index (χ0n) is 12.3. The summed E-state index contributed by atoms with van der Waals surface area (Å²) in [4.78, 5) is 17.2. The Morgan fingerprint density at radius 3 is 2.77 bits per heavy atom. The molecule has 0 amide bonds. The summed E-state index contributed by atoms with van der Waals surface area (Å²) in [6.07, 6.45) is 0. The van der Waals surface area contributed by atoms with E-state index in [-0.39, 0.29) is 5.56 Å². The van der Waals surface area contributed by atoms with Crippen LogP contribution in [0.4, 0.5) is 0 Å². The van der Waals surface area contributed by atoms with E-state index in [2.05, 4.69) is 17.5 Å². The van der Waals surface area contributed by atoms with E-state index in [1.807, 2.05) is 38.1 Å². The molecule has 108 valence electrons. The Morgan fingerprint density at radius 1 is 1.09 bits per heavy atom. The molecule has 3 aromatic heterocycles. The summed E-state index contributed by atoms with van der Waals surface area (Å²) in [5, 5.41) is 3.22. The third kappa shape index (κ3) is 1.96. The molecule has 3 heterocycles. The van der Waals surface area contributed by atoms with Crippen molar-refractivity contribution >= 4 is 27.1 Å². The third-order valence-electron chi connectivity index (χ3n) is 3.85. The number of benzene rings is 1. The third-order valence-corrected chi connectivity index (χ3v) is 4.81. The number of hydrogen-bond donors (Lipinski definition) is 0. The first kappa shape index (κ1) is 13.2. The monoisotopic (exact) mass is 306 g/mol. The molecule has 0 radical (unpaired) electrons. The highest BCUT2D eigenvalue weighted by molar-refractivity contribution is 7.17. The van der Waals surface area contributed by atoms with Crippen molar-refractivity contribution < 1.29 is 0 Å². The van der Waals surface area contributed by atoms with Gasteiger partial charge in [-0.15, -0.1) is 11.3 Å². The van der Waals surface area contributed by atoms with Crippen LogP contribution < -0.4 is 5.56 Å². The molecule has 4 rings (SSSR count). The molecular weight excluding hydrogens is 292 g/mol. The van der Waals surface area contributed by atoms with Crippen molar-refractivity contribution in [2.24, 2.45) is 0 Å². The first-order valence-corrected chi connectivity index (χ1v) is 7.99. The van der Waals surface area contributed by atoms with Crippen molar-refractivity contribution in [3.63, 3.8) is 0 Å². The number of rotatable bonds is 1. The minimum Gasteiger partial charge on any atom is -0.269 e. The normalized spacial score (nSPS) is 11.4. The van der Waals surface area contributed by atoms with E-state index in [0.717, 1.165) is 27.9 Å². The molecule has 22 heavy (non-hydrogen) atoms. The van der Waals surface area contributed by atoms with E-state index in [1.54, 1.807) is 21.8 Å². The summed E-state index contributed by atoms with van der Waals surface area (Å²) in [6, 6.07) is 13.8. The van der Waals surface area contributed by atoms with Gasteiger partial charge in [0.2, 0.25) is 0 Å². The molecule has 0 aliphatic rings. The molecule has 0 fully saturated rings. The molecule has 0 spiro atoms. The highest BCUT2D eigenvalue weighted by atomic mass is 32.1. The van der Waals surface area contributed by atoms with Gasteiger partial charge in [-0.3, -0.25) is 9.20 Å². The fourth-order valence-corrected chi connectivity index (χ4v) is 3.86. The first-order valence-electron chi connectivity index (χ1n) is 7.11. The van der Waals surface area contributed by atoms with Crippen LogP contribution in [0.1, 0.15) is 11.3 Å². The molecule has 0 aliphatic carbocycles. The maximum atomic E-state index is 12.5. The Bertz CT molecular complexity index is 1080. The van der Waals surface area contributed by atoms with Crippen molar-refractivity contribution in [1.82, 2.24) is 9.38 Å². The Hall–Kier alpha value is -2.46. The number of aromatic nitrogens is 2. The fourth-order valence-electron chi connectivity index (χ4n) is 2.90. The zero-order valence-corrected chi connectivity index (χ0v) is 13.1. The van der Waals surface area contributed by atoms with Gasteiger partial charge in [0.05, 0.1) is 5.69 Å². The average molecular weight is 306 g/mol. The van der Waals surface area contributed by atoms with Gasteiger partial charge in [-0.2, -0.15) is 0 Å². The van der Waals surface area contributed by atoms with Crippen molar-refractivity contribution in [3.05, 3.63) is 69.5 Å². The second-order valence-electron chi connectivity index (χ2n) is 5.49. The minimum absolute atomic E-state index is 0.0345. The molecular formula is C18H14N2OS. The second-order valence-corrected chi connectivity index (χ2v) is 6.40. The van der Waals surface area contributed by atoms with Crippen LogP contribution in [-0.2, 0) is 0 Å². The highest BCUT2D eigenvalue weighted by Gasteiger charge is 2.11. The molecule has 0 saturated carbocycles. The Morgan fingerprint density at radius 2 is 1.91 bits per heavy atom. The van der Waals surface area contributed by atoms with Crippen LogP contribution in [0.2, 0.25) is 0 Å². The van der Waals surface area contributed by atoms with Crippen LogP contribution >= 0.6 is 11.3 Å². The average Bonchev–Trinajstić information content (AvgIpc) is 2.89. The topological polar surface area (TPSA) is 34.4 Å². The summed E-state index contributed by atoms with van der Waals surface area (Å²) in [7, 11) is 0. The Labute approximate surface area is 131 Å². The standard InChI is InChI=1S/C18H14N2OS/c1-11-7-12(2)20-17(8-11)19-15(9-18(20)21)14-10-22-16-6-4-3-5-13(14)16/h3-10H,1-2H3. The lowest BCUT2D eigenvalue weighted by Crippen LogP contribution is -2.16. The van der Waals surface area contributed by atoms with Gasteiger partial charge < -0.3 is 0 Å². The smallest absolute Gasteiger partial charge is 0.258 e. The van der Waals surface area contributed by atoms with Gasteiger partial charge in [0.15, 0.2) is 0 Å². The summed E-state index contributed by atoms with van der Waals surface area (Å²) < 4.78 is 2.87. The van der Waals surface area contributed by atoms with E-state index < -0.39 is 0 Å². The van der Waals surface area contributed by atoms with E-state index in [1.165, 1.54) is 4.70 Å². The van der Waals surface area contributed by atoms with Crippen LogP contribution in [0, 0.1) is 13.8 Å². The first-order chi connectivity index (χ1) is 10.6. The largest absolute Gasteiger partial charge is 0.269 e. The van der Waals surface area contributed by atoms with Crippen LogP contribution in [0.25, 0.3) is 27.0 Å². The summed E-state index contributed by atoms with van der Waals surface area (Å²) >= 11 is 1.68. The zero-order chi connectivity index (χ0) is 15.3. The quantitative estimate of drug-likeness (QED) is 0.528. The van der Waals surface area contributed by atoms with Gasteiger partial charge in [0, 0.05) is 32.8 Å². The number of nitrogens with zero attached hydrogens (tertiary/aromatic N) is 2. The number of hydrogen-bond acceptors (Lipinski definition) is 3. The molecule has 4 aromatic rings. The van der Waals surface area contributed by atoms with Gasteiger partial charge >= 0.3 is 0 Å². The maximum absolute atomic E-state index is 12.5. The van der Waals surface area contributed by atoms with Crippen LogP contribution in [0.5, 0.6) is 0 Å². The lowest BCUT2D eigenvalue weighted by atomic mass is 10.1. The number of pyridine rings is 1. The van der Waals surface area contributed by atoms with Crippen molar-refractivity contribution in [2.45, 2.75) is 13.8 Å². The minimum atomic E-state index is -0.0345. The van der Waals surface area contributed by atoms with Crippen molar-refractivity contribution in [2.75, 3.05) is 0 Å². The van der Waals surface area contributed by atoms with Gasteiger partial charge in [-0.1, -0.05) is 18.2 Å². The molecule has 0 atom stereocenters. The number of thiophene rings is 1. The molecule has 3 nitrogen and oxygen atoms in total.